The molecule has 13 heteroatoms. The van der Waals surface area contributed by atoms with Gasteiger partial charge in [0.1, 0.15) is 17.1 Å². The summed E-state index contributed by atoms with van der Waals surface area (Å²) in [6, 6.07) is -0.932. The van der Waals surface area contributed by atoms with E-state index in [9.17, 15) is 14.4 Å². The van der Waals surface area contributed by atoms with Crippen molar-refractivity contribution in [1.29, 1.82) is 0 Å². The number of nitrogens with two attached hydrogens (primary N) is 1. The van der Waals surface area contributed by atoms with E-state index >= 15 is 0 Å². The highest BCUT2D eigenvalue weighted by molar-refractivity contribution is 8.00. The summed E-state index contributed by atoms with van der Waals surface area (Å²) in [4.78, 5) is 40.3. The first-order chi connectivity index (χ1) is 11.4. The number of carbonyl (C=O) groups excluding carboxylic acids is 2. The number of rotatable bonds is 4. The van der Waals surface area contributed by atoms with E-state index < -0.39 is 34.9 Å². The van der Waals surface area contributed by atoms with Gasteiger partial charge in [-0.25, -0.2) is 4.79 Å². The molecule has 2 aliphatic rings. The third kappa shape index (κ3) is 2.56. The second-order valence-corrected chi connectivity index (χ2v) is 6.62. The third-order valence-corrected chi connectivity index (χ3v) is 5.05. The Labute approximate surface area is 142 Å². The Morgan fingerprint density at radius 1 is 1.50 bits per heavy atom. The molecule has 0 unspecified atom stereocenters. The van der Waals surface area contributed by atoms with E-state index in [2.05, 4.69) is 19.8 Å². The topological polar surface area (TPSA) is 171 Å². The standard InChI is InChI=1S/C11H10N6O5S2/c12-11-14-6(16-24-11)4(15-22)7(18)13-5-8(19)17-3(10(20)21)1-2-23-9(5)17/h1,5,9,22H,2H2,(H,13,18)(H,20,21)(H2,12,14,16)/t5-,9+/m1/s1. The van der Waals surface area contributed by atoms with Gasteiger partial charge in [0, 0.05) is 17.3 Å². The highest BCUT2D eigenvalue weighted by Gasteiger charge is 2.53. The Morgan fingerprint density at radius 2 is 2.25 bits per heavy atom. The fourth-order valence-corrected chi connectivity index (χ4v) is 3.90. The molecule has 0 aromatic carbocycles. The number of nitrogen functional groups attached to an aromatic ring is 1. The minimum Gasteiger partial charge on any atom is -0.477 e. The SMILES string of the molecule is Nc1nc(C(=NO)C(=O)N[C@@H]2C(=O)N3C(C(=O)O)=CCS[C@@H]23)ns1. The first-order valence-electron chi connectivity index (χ1n) is 6.44. The second-order valence-electron chi connectivity index (χ2n) is 4.68. The molecule has 3 heterocycles. The highest BCUT2D eigenvalue weighted by atomic mass is 32.2. The zero-order valence-corrected chi connectivity index (χ0v) is 13.4. The van der Waals surface area contributed by atoms with Gasteiger partial charge >= 0.3 is 5.97 Å². The normalized spacial score (nSPS) is 23.2. The van der Waals surface area contributed by atoms with Gasteiger partial charge in [0.05, 0.1) is 0 Å². The molecule has 1 aromatic heterocycles. The molecule has 0 radical (unpaired) electrons. The maximum absolute atomic E-state index is 12.2. The van der Waals surface area contributed by atoms with Gasteiger partial charge in [-0.05, 0) is 6.08 Å². The van der Waals surface area contributed by atoms with Crippen LogP contribution in [0.25, 0.3) is 0 Å². The van der Waals surface area contributed by atoms with Crippen LogP contribution in [-0.2, 0) is 14.4 Å². The van der Waals surface area contributed by atoms with Crippen LogP contribution in [-0.4, -0.2) is 65.2 Å². The molecule has 5 N–H and O–H groups in total. The number of amides is 2. The van der Waals surface area contributed by atoms with Gasteiger partial charge in [-0.3, -0.25) is 14.5 Å². The summed E-state index contributed by atoms with van der Waals surface area (Å²) in [5.41, 5.74) is 4.82. The van der Waals surface area contributed by atoms with Gasteiger partial charge in [-0.15, -0.1) is 11.8 Å². The van der Waals surface area contributed by atoms with Crippen molar-refractivity contribution in [1.82, 2.24) is 19.6 Å². The van der Waals surface area contributed by atoms with Crippen LogP contribution in [0.1, 0.15) is 5.82 Å². The number of oxime groups is 1. The summed E-state index contributed by atoms with van der Waals surface area (Å²) in [6.45, 7) is 0. The van der Waals surface area contributed by atoms with Crippen molar-refractivity contribution in [2.45, 2.75) is 11.4 Å². The number of nitrogens with one attached hydrogen (secondary N) is 1. The van der Waals surface area contributed by atoms with Crippen LogP contribution in [0, 0.1) is 0 Å². The fourth-order valence-electron chi connectivity index (χ4n) is 2.27. The molecule has 2 atom stereocenters. The summed E-state index contributed by atoms with van der Waals surface area (Å²) in [5.74, 6) is -2.40. The van der Waals surface area contributed by atoms with Gasteiger partial charge in [-0.2, -0.15) is 9.36 Å². The molecule has 11 nitrogen and oxygen atoms in total. The molecular weight excluding hydrogens is 360 g/mol. The van der Waals surface area contributed by atoms with E-state index in [0.29, 0.717) is 5.75 Å². The molecule has 3 rings (SSSR count). The largest absolute Gasteiger partial charge is 0.477 e. The molecule has 1 aromatic rings. The summed E-state index contributed by atoms with van der Waals surface area (Å²) >= 11 is 2.13. The van der Waals surface area contributed by atoms with Crippen LogP contribution in [0.3, 0.4) is 0 Å². The van der Waals surface area contributed by atoms with E-state index in [4.69, 9.17) is 16.0 Å². The number of hydrogen-bond acceptors (Lipinski definition) is 10. The Morgan fingerprint density at radius 3 is 2.83 bits per heavy atom. The molecule has 0 aliphatic carbocycles. The Kier molecular flexibility index (Phi) is 4.11. The first-order valence-corrected chi connectivity index (χ1v) is 8.27. The summed E-state index contributed by atoms with van der Waals surface area (Å²) < 4.78 is 3.76. The number of anilines is 1. The molecular formula is C11H10N6O5S2. The summed E-state index contributed by atoms with van der Waals surface area (Å²) in [7, 11) is 0. The minimum atomic E-state index is -1.21. The fraction of sp³-hybridized carbons (Fsp3) is 0.273. The Bertz CT molecular complexity index is 790. The van der Waals surface area contributed by atoms with Crippen LogP contribution >= 0.6 is 23.3 Å². The van der Waals surface area contributed by atoms with Crippen molar-refractivity contribution >= 4 is 51.9 Å². The lowest BCUT2D eigenvalue weighted by atomic mass is 10.0. The van der Waals surface area contributed by atoms with E-state index in [0.717, 1.165) is 16.4 Å². The average Bonchev–Trinajstić information content (AvgIpc) is 2.98. The third-order valence-electron chi connectivity index (χ3n) is 3.32. The molecule has 0 bridgehead atoms. The predicted molar refractivity (Wildman–Crippen MR) is 83.4 cm³/mol. The van der Waals surface area contributed by atoms with Gasteiger partial charge in [0.2, 0.25) is 11.5 Å². The summed E-state index contributed by atoms with van der Waals surface area (Å²) in [5, 5.41) is 22.9. The lowest BCUT2D eigenvalue weighted by Gasteiger charge is -2.48. The predicted octanol–water partition coefficient (Wildman–Crippen LogP) is -1.33. The number of carboxylic acids is 1. The monoisotopic (exact) mass is 370 g/mol. The smallest absolute Gasteiger partial charge is 0.352 e. The van der Waals surface area contributed by atoms with E-state index in [1.807, 2.05) is 0 Å². The highest BCUT2D eigenvalue weighted by Crippen LogP contribution is 2.37. The van der Waals surface area contributed by atoms with Gasteiger partial charge < -0.3 is 21.4 Å². The van der Waals surface area contributed by atoms with Crippen LogP contribution in [0.4, 0.5) is 5.13 Å². The van der Waals surface area contributed by atoms with E-state index in [-0.39, 0.29) is 16.7 Å². The number of β-lactam (4-membered cyclic amide) rings is 1. The molecule has 2 aliphatic heterocycles. The number of fused-ring (bicyclic) bond motifs is 1. The number of nitrogens with zero attached hydrogens (tertiary/aromatic N) is 4. The molecule has 24 heavy (non-hydrogen) atoms. The number of aromatic nitrogens is 2. The molecule has 0 spiro atoms. The molecule has 1 saturated heterocycles. The number of aliphatic carboxylic acids is 1. The molecule has 126 valence electrons. The van der Waals surface area contributed by atoms with Crippen molar-refractivity contribution in [3.8, 4) is 0 Å². The lowest BCUT2D eigenvalue weighted by molar-refractivity contribution is -0.150. The van der Waals surface area contributed by atoms with Gasteiger partial charge in [0.15, 0.2) is 5.13 Å². The van der Waals surface area contributed by atoms with Crippen molar-refractivity contribution < 1.29 is 24.7 Å². The lowest BCUT2D eigenvalue weighted by Crippen LogP contribution is -2.70. The van der Waals surface area contributed by atoms with Crippen LogP contribution in [0.2, 0.25) is 0 Å². The molecule has 1 fully saturated rings. The van der Waals surface area contributed by atoms with Gasteiger partial charge in [-0.1, -0.05) is 5.16 Å². The van der Waals surface area contributed by atoms with E-state index in [1.54, 1.807) is 0 Å². The molecule has 0 saturated carbocycles. The Hall–Kier alpha value is -2.67. The maximum atomic E-state index is 12.2. The quantitative estimate of drug-likeness (QED) is 0.217. The molecule has 2 amide bonds. The Balaban J connectivity index is 1.73. The van der Waals surface area contributed by atoms with Crippen molar-refractivity contribution in [3.05, 3.63) is 17.6 Å². The summed E-state index contributed by atoms with van der Waals surface area (Å²) in [6.07, 6.45) is 1.43. The zero-order valence-electron chi connectivity index (χ0n) is 11.7. The average molecular weight is 370 g/mol. The van der Waals surface area contributed by atoms with Crippen LogP contribution in [0.5, 0.6) is 0 Å². The maximum Gasteiger partial charge on any atom is 0.352 e. The van der Waals surface area contributed by atoms with Crippen molar-refractivity contribution in [3.63, 3.8) is 0 Å². The van der Waals surface area contributed by atoms with Crippen LogP contribution in [0.15, 0.2) is 16.9 Å². The van der Waals surface area contributed by atoms with Gasteiger partial charge in [0.25, 0.3) is 11.8 Å². The van der Waals surface area contributed by atoms with Crippen molar-refractivity contribution in [2.24, 2.45) is 5.16 Å². The number of thioether (sulfide) groups is 1. The number of hydrogen-bond donors (Lipinski definition) is 4. The van der Waals surface area contributed by atoms with Crippen molar-refractivity contribution in [2.75, 3.05) is 11.5 Å². The number of carboxylic acid groups (broad SMARTS) is 1. The minimum absolute atomic E-state index is 0.0870. The first kappa shape index (κ1) is 16.2. The van der Waals surface area contributed by atoms with E-state index in [1.165, 1.54) is 17.8 Å². The number of carbonyl (C=O) groups is 3. The van der Waals surface area contributed by atoms with Crippen LogP contribution < -0.4 is 11.1 Å². The zero-order chi connectivity index (χ0) is 17.4. The second kappa shape index (κ2) is 6.09.